The first-order chi connectivity index (χ1) is 8.10. The van der Waals surface area contributed by atoms with Crippen LogP contribution in [0.1, 0.15) is 18.4 Å². The molecule has 0 heterocycles. The molecule has 1 rings (SSSR count). The van der Waals surface area contributed by atoms with Crippen molar-refractivity contribution in [1.29, 1.82) is 0 Å². The van der Waals surface area contributed by atoms with Gasteiger partial charge in [-0.15, -0.1) is 0 Å². The minimum absolute atomic E-state index is 0.108. The lowest BCUT2D eigenvalue weighted by Crippen LogP contribution is -1.99. The van der Waals surface area contributed by atoms with E-state index in [1.807, 2.05) is 0 Å². The van der Waals surface area contributed by atoms with E-state index in [1.54, 1.807) is 19.2 Å². The molecule has 1 aromatic rings. The molecule has 0 unspecified atom stereocenters. The summed E-state index contributed by atoms with van der Waals surface area (Å²) in [7, 11) is 3.09. The Labute approximate surface area is 105 Å². The monoisotopic (exact) mass is 258 g/mol. The Balaban J connectivity index is 2.89. The van der Waals surface area contributed by atoms with Crippen molar-refractivity contribution in [3.63, 3.8) is 0 Å². The Hall–Kier alpha value is -1.42. The molecule has 0 radical (unpaired) electrons. The average molecular weight is 259 g/mol. The largest absolute Gasteiger partial charge is 0.496 e. The molecule has 0 bridgehead atoms. The van der Waals surface area contributed by atoms with Gasteiger partial charge in [0.1, 0.15) is 11.5 Å². The van der Waals surface area contributed by atoms with Crippen LogP contribution in [0.25, 0.3) is 0 Å². The molecule has 0 saturated heterocycles. The van der Waals surface area contributed by atoms with E-state index in [2.05, 4.69) is 0 Å². The van der Waals surface area contributed by atoms with Crippen molar-refractivity contribution < 1.29 is 19.4 Å². The van der Waals surface area contributed by atoms with Crippen molar-refractivity contribution in [2.45, 2.75) is 19.3 Å². The second-order valence-electron chi connectivity index (χ2n) is 3.51. The number of rotatable bonds is 6. The molecule has 0 aromatic heterocycles. The zero-order valence-electron chi connectivity index (χ0n) is 9.83. The summed E-state index contributed by atoms with van der Waals surface area (Å²) in [5.74, 6) is 0.405. The normalized spacial score (nSPS) is 10.1. The summed E-state index contributed by atoms with van der Waals surface area (Å²) >= 11 is 6.16. The summed E-state index contributed by atoms with van der Waals surface area (Å²) in [6.45, 7) is 0. The van der Waals surface area contributed by atoms with E-state index in [4.69, 9.17) is 26.2 Å². The van der Waals surface area contributed by atoms with Crippen LogP contribution in [-0.2, 0) is 11.2 Å². The molecular formula is C12H15ClO4. The first-order valence-electron chi connectivity index (χ1n) is 5.21. The van der Waals surface area contributed by atoms with Crippen molar-refractivity contribution in [3.05, 3.63) is 22.7 Å². The number of benzene rings is 1. The Bertz CT molecular complexity index is 404. The van der Waals surface area contributed by atoms with Crippen molar-refractivity contribution >= 4 is 17.6 Å². The number of hydrogen-bond acceptors (Lipinski definition) is 3. The second kappa shape index (κ2) is 6.35. The molecule has 0 spiro atoms. The first kappa shape index (κ1) is 13.6. The average Bonchev–Trinajstić information content (AvgIpc) is 2.30. The Kier molecular flexibility index (Phi) is 5.10. The quantitative estimate of drug-likeness (QED) is 0.852. The lowest BCUT2D eigenvalue weighted by molar-refractivity contribution is -0.137. The number of carbonyl (C=O) groups is 1. The van der Waals surface area contributed by atoms with E-state index in [0.717, 1.165) is 5.56 Å². The highest BCUT2D eigenvalue weighted by Gasteiger charge is 2.13. The topological polar surface area (TPSA) is 55.8 Å². The molecule has 0 aliphatic rings. The minimum Gasteiger partial charge on any atom is -0.496 e. The van der Waals surface area contributed by atoms with Crippen LogP contribution in [0.4, 0.5) is 0 Å². The predicted octanol–water partition coefficient (Wildman–Crippen LogP) is 2.76. The SMILES string of the molecule is COc1ccc(OC)c(CCCC(=O)O)c1Cl. The van der Waals surface area contributed by atoms with Crippen LogP contribution in [0.3, 0.4) is 0 Å². The molecule has 0 fully saturated rings. The molecule has 1 N–H and O–H groups in total. The van der Waals surface area contributed by atoms with E-state index < -0.39 is 5.97 Å². The van der Waals surface area contributed by atoms with Gasteiger partial charge in [0.2, 0.25) is 0 Å². The van der Waals surface area contributed by atoms with Gasteiger partial charge in [0.05, 0.1) is 19.2 Å². The molecule has 1 aromatic carbocycles. The number of ether oxygens (including phenoxy) is 2. The highest BCUT2D eigenvalue weighted by atomic mass is 35.5. The lowest BCUT2D eigenvalue weighted by atomic mass is 10.1. The molecular weight excluding hydrogens is 244 g/mol. The maximum absolute atomic E-state index is 10.5. The minimum atomic E-state index is -0.817. The van der Waals surface area contributed by atoms with Crippen molar-refractivity contribution in [3.8, 4) is 11.5 Å². The first-order valence-corrected chi connectivity index (χ1v) is 5.59. The van der Waals surface area contributed by atoms with Crippen LogP contribution in [0, 0.1) is 0 Å². The number of carboxylic acids is 1. The van der Waals surface area contributed by atoms with E-state index in [0.29, 0.717) is 29.4 Å². The molecule has 0 aliphatic carbocycles. The third-order valence-electron chi connectivity index (χ3n) is 2.42. The van der Waals surface area contributed by atoms with Crippen molar-refractivity contribution in [1.82, 2.24) is 0 Å². The molecule has 0 aliphatic heterocycles. The fourth-order valence-corrected chi connectivity index (χ4v) is 1.91. The van der Waals surface area contributed by atoms with Gasteiger partial charge in [0.15, 0.2) is 0 Å². The van der Waals surface area contributed by atoms with E-state index >= 15 is 0 Å². The zero-order valence-corrected chi connectivity index (χ0v) is 10.6. The van der Waals surface area contributed by atoms with Gasteiger partial charge in [-0.05, 0) is 25.0 Å². The van der Waals surface area contributed by atoms with Gasteiger partial charge in [-0.3, -0.25) is 4.79 Å². The molecule has 17 heavy (non-hydrogen) atoms. The van der Waals surface area contributed by atoms with Crippen molar-refractivity contribution in [2.24, 2.45) is 0 Å². The van der Waals surface area contributed by atoms with Crippen molar-refractivity contribution in [2.75, 3.05) is 14.2 Å². The highest BCUT2D eigenvalue weighted by molar-refractivity contribution is 6.33. The molecule has 94 valence electrons. The maximum atomic E-state index is 10.5. The predicted molar refractivity (Wildman–Crippen MR) is 65.1 cm³/mol. The third-order valence-corrected chi connectivity index (χ3v) is 2.84. The molecule has 0 amide bonds. The molecule has 0 atom stereocenters. The number of carboxylic acid groups (broad SMARTS) is 1. The van der Waals surface area contributed by atoms with Gasteiger partial charge < -0.3 is 14.6 Å². The number of hydrogen-bond donors (Lipinski definition) is 1. The Morgan fingerprint density at radius 3 is 2.41 bits per heavy atom. The Morgan fingerprint density at radius 1 is 1.29 bits per heavy atom. The fourth-order valence-electron chi connectivity index (χ4n) is 1.58. The standard InChI is InChI=1S/C12H15ClO4/c1-16-9-6-7-10(17-2)12(13)8(9)4-3-5-11(14)15/h6-7H,3-5H2,1-2H3,(H,14,15). The summed E-state index contributed by atoms with van der Waals surface area (Å²) in [5, 5.41) is 9.08. The smallest absolute Gasteiger partial charge is 0.303 e. The summed E-state index contributed by atoms with van der Waals surface area (Å²) in [6, 6.07) is 3.49. The summed E-state index contributed by atoms with van der Waals surface area (Å²) < 4.78 is 10.3. The van der Waals surface area contributed by atoms with Crippen LogP contribution in [-0.4, -0.2) is 25.3 Å². The lowest BCUT2D eigenvalue weighted by Gasteiger charge is -2.12. The van der Waals surface area contributed by atoms with Gasteiger partial charge in [0.25, 0.3) is 0 Å². The molecule has 5 heteroatoms. The fraction of sp³-hybridized carbons (Fsp3) is 0.417. The van der Waals surface area contributed by atoms with E-state index in [9.17, 15) is 4.79 Å². The van der Waals surface area contributed by atoms with Crippen LogP contribution >= 0.6 is 11.6 Å². The third kappa shape index (κ3) is 3.53. The second-order valence-corrected chi connectivity index (χ2v) is 3.89. The molecule has 0 saturated carbocycles. The van der Waals surface area contributed by atoms with Crippen LogP contribution in [0.5, 0.6) is 11.5 Å². The van der Waals surface area contributed by atoms with E-state index in [-0.39, 0.29) is 6.42 Å². The number of methoxy groups -OCH3 is 2. The van der Waals surface area contributed by atoms with Crippen LogP contribution in [0.15, 0.2) is 12.1 Å². The molecule has 4 nitrogen and oxygen atoms in total. The van der Waals surface area contributed by atoms with Gasteiger partial charge in [-0.25, -0.2) is 0 Å². The van der Waals surface area contributed by atoms with Gasteiger partial charge in [0, 0.05) is 12.0 Å². The number of aliphatic carboxylic acids is 1. The maximum Gasteiger partial charge on any atom is 0.303 e. The zero-order chi connectivity index (χ0) is 12.8. The summed E-state index contributed by atoms with van der Waals surface area (Å²) in [4.78, 5) is 10.5. The summed E-state index contributed by atoms with van der Waals surface area (Å²) in [5.41, 5.74) is 0.787. The van der Waals surface area contributed by atoms with Gasteiger partial charge in [-0.2, -0.15) is 0 Å². The Morgan fingerprint density at radius 2 is 1.88 bits per heavy atom. The number of halogens is 1. The van der Waals surface area contributed by atoms with Gasteiger partial charge in [-0.1, -0.05) is 11.6 Å². The summed E-state index contributed by atoms with van der Waals surface area (Å²) in [6.07, 6.45) is 1.17. The van der Waals surface area contributed by atoms with E-state index in [1.165, 1.54) is 7.11 Å². The van der Waals surface area contributed by atoms with Crippen LogP contribution < -0.4 is 9.47 Å². The van der Waals surface area contributed by atoms with Gasteiger partial charge >= 0.3 is 5.97 Å². The van der Waals surface area contributed by atoms with Crippen LogP contribution in [0.2, 0.25) is 5.02 Å². The highest BCUT2D eigenvalue weighted by Crippen LogP contribution is 2.35.